The lowest BCUT2D eigenvalue weighted by atomic mass is 9.89. The number of carbonyl (C=O) groups excluding carboxylic acids is 2. The lowest BCUT2D eigenvalue weighted by Gasteiger charge is -2.31. The van der Waals surface area contributed by atoms with E-state index >= 15 is 0 Å². The zero-order valence-electron chi connectivity index (χ0n) is 19.5. The lowest BCUT2D eigenvalue weighted by Crippen LogP contribution is -2.42. The van der Waals surface area contributed by atoms with E-state index in [0.29, 0.717) is 30.6 Å². The van der Waals surface area contributed by atoms with Crippen LogP contribution in [0.5, 0.6) is 0 Å². The van der Waals surface area contributed by atoms with Crippen molar-refractivity contribution in [1.29, 1.82) is 0 Å². The molecule has 1 saturated carbocycles. The first-order chi connectivity index (χ1) is 16.4. The zero-order chi connectivity index (χ0) is 24.1. The molecule has 0 radical (unpaired) electrons. The van der Waals surface area contributed by atoms with Crippen molar-refractivity contribution < 1.29 is 14.3 Å². The number of carbonyl (C=O) groups is 2. The third kappa shape index (κ3) is 5.56. The van der Waals surface area contributed by atoms with Gasteiger partial charge in [-0.1, -0.05) is 25.0 Å². The lowest BCUT2D eigenvalue weighted by molar-refractivity contribution is 0.0995. The van der Waals surface area contributed by atoms with Crippen LogP contribution in [0.15, 0.2) is 30.5 Å². The van der Waals surface area contributed by atoms with Crippen LogP contribution >= 0.6 is 0 Å². The normalized spacial score (nSPS) is 21.1. The van der Waals surface area contributed by atoms with Gasteiger partial charge in [0.2, 0.25) is 0 Å². The number of rotatable bonds is 6. The number of nitrogens with two attached hydrogens (primary N) is 2. The predicted octanol–water partition coefficient (Wildman–Crippen LogP) is 2.95. The Bertz CT molecular complexity index is 1010. The topological polar surface area (TPSA) is 148 Å². The summed E-state index contributed by atoms with van der Waals surface area (Å²) in [4.78, 5) is 34.2. The minimum absolute atomic E-state index is 0.0646. The smallest absolute Gasteiger partial charge is 0.409 e. The number of nitrogens with zero attached hydrogens (tertiary/aromatic N) is 3. The van der Waals surface area contributed by atoms with Crippen LogP contribution < -0.4 is 22.1 Å². The number of methoxy groups -OCH3 is 1. The van der Waals surface area contributed by atoms with Crippen LogP contribution in [0, 0.1) is 0 Å². The van der Waals surface area contributed by atoms with Crippen molar-refractivity contribution in [2.24, 2.45) is 11.5 Å². The van der Waals surface area contributed by atoms with Crippen LogP contribution in [0.25, 0.3) is 0 Å². The summed E-state index contributed by atoms with van der Waals surface area (Å²) in [6, 6.07) is 8.20. The number of likely N-dealkylation sites (tertiary alicyclic amines) is 1. The van der Waals surface area contributed by atoms with E-state index in [4.69, 9.17) is 16.2 Å². The standard InChI is InChI=1S/C24H33N7O3/c1-34-24(33)31-12-10-16(11-13-31)15-6-8-17(9-7-15)28-23-21(22(26)32)27-14-20(30-23)29-19-5-3-2-4-18(19)25/h6-9,14,16,18-19H,2-5,10-13,25H2,1H3,(H2,26,32)(H2,28,29,30)/t18-,19+/m0/s1. The van der Waals surface area contributed by atoms with Gasteiger partial charge in [0.15, 0.2) is 11.5 Å². The van der Waals surface area contributed by atoms with Gasteiger partial charge in [-0.15, -0.1) is 0 Å². The molecule has 0 spiro atoms. The Balaban J connectivity index is 1.44. The predicted molar refractivity (Wildman–Crippen MR) is 130 cm³/mol. The molecule has 10 nitrogen and oxygen atoms in total. The SMILES string of the molecule is COC(=O)N1CCC(c2ccc(Nc3nc(N[C@@H]4CCCC[C@@H]4N)cnc3C(N)=O)cc2)CC1. The van der Waals surface area contributed by atoms with Crippen LogP contribution in [0.3, 0.4) is 0 Å². The first kappa shape index (κ1) is 23.7. The average molecular weight is 468 g/mol. The van der Waals surface area contributed by atoms with Crippen molar-refractivity contribution >= 4 is 29.3 Å². The molecule has 1 saturated heterocycles. The number of anilines is 3. The molecule has 34 heavy (non-hydrogen) atoms. The molecule has 2 aliphatic rings. The molecule has 2 atom stereocenters. The van der Waals surface area contributed by atoms with Crippen molar-refractivity contribution in [3.63, 3.8) is 0 Å². The Kier molecular flexibility index (Phi) is 7.46. The van der Waals surface area contributed by atoms with E-state index < -0.39 is 5.91 Å². The van der Waals surface area contributed by atoms with Crippen LogP contribution in [-0.4, -0.2) is 59.2 Å². The van der Waals surface area contributed by atoms with E-state index in [9.17, 15) is 9.59 Å². The van der Waals surface area contributed by atoms with Gasteiger partial charge < -0.3 is 31.7 Å². The summed E-state index contributed by atoms with van der Waals surface area (Å²) in [5.74, 6) is 0.595. The van der Waals surface area contributed by atoms with Crippen molar-refractivity contribution in [2.75, 3.05) is 30.8 Å². The molecule has 10 heteroatoms. The molecule has 1 aromatic carbocycles. The summed E-state index contributed by atoms with van der Waals surface area (Å²) in [7, 11) is 1.41. The Hall–Kier alpha value is -3.40. The van der Waals surface area contributed by atoms with Crippen LogP contribution in [0.1, 0.15) is 60.5 Å². The van der Waals surface area contributed by atoms with Gasteiger partial charge in [0.05, 0.1) is 13.3 Å². The molecular weight excluding hydrogens is 434 g/mol. The summed E-state index contributed by atoms with van der Waals surface area (Å²) < 4.78 is 4.81. The first-order valence-electron chi connectivity index (χ1n) is 11.8. The quantitative estimate of drug-likeness (QED) is 0.507. The Morgan fingerprint density at radius 2 is 1.79 bits per heavy atom. The van der Waals surface area contributed by atoms with E-state index in [1.807, 2.05) is 12.1 Å². The van der Waals surface area contributed by atoms with Crippen molar-refractivity contribution in [1.82, 2.24) is 14.9 Å². The molecule has 1 aromatic heterocycles. The molecule has 6 N–H and O–H groups in total. The van der Waals surface area contributed by atoms with Crippen molar-refractivity contribution in [2.45, 2.75) is 56.5 Å². The average Bonchev–Trinajstić information content (AvgIpc) is 2.85. The van der Waals surface area contributed by atoms with E-state index in [1.165, 1.54) is 18.9 Å². The molecule has 4 rings (SSSR count). The number of aromatic nitrogens is 2. The molecule has 2 heterocycles. The monoisotopic (exact) mass is 467 g/mol. The summed E-state index contributed by atoms with van der Waals surface area (Å²) in [5, 5.41) is 6.55. The maximum absolute atomic E-state index is 11.9. The molecule has 1 aliphatic carbocycles. The fourth-order valence-corrected chi connectivity index (χ4v) is 4.75. The fraction of sp³-hybridized carbons (Fsp3) is 0.500. The Labute approximate surface area is 199 Å². The van der Waals surface area contributed by atoms with Gasteiger partial charge in [-0.05, 0) is 49.3 Å². The number of piperidine rings is 1. The molecule has 1 aliphatic heterocycles. The maximum Gasteiger partial charge on any atom is 0.409 e. The summed E-state index contributed by atoms with van der Waals surface area (Å²) >= 11 is 0. The van der Waals surface area contributed by atoms with E-state index in [-0.39, 0.29) is 23.9 Å². The van der Waals surface area contributed by atoms with Gasteiger partial charge >= 0.3 is 6.09 Å². The van der Waals surface area contributed by atoms with Crippen LogP contribution in [0.2, 0.25) is 0 Å². The van der Waals surface area contributed by atoms with Crippen LogP contribution in [-0.2, 0) is 4.74 Å². The Morgan fingerprint density at radius 3 is 2.44 bits per heavy atom. The number of benzene rings is 1. The van der Waals surface area contributed by atoms with Crippen molar-refractivity contribution in [3.8, 4) is 0 Å². The highest BCUT2D eigenvalue weighted by Crippen LogP contribution is 2.30. The highest BCUT2D eigenvalue weighted by molar-refractivity contribution is 5.96. The number of hydrogen-bond donors (Lipinski definition) is 4. The van der Waals surface area contributed by atoms with Gasteiger partial charge in [-0.2, -0.15) is 0 Å². The fourth-order valence-electron chi connectivity index (χ4n) is 4.75. The van der Waals surface area contributed by atoms with Gasteiger partial charge in [-0.25, -0.2) is 14.8 Å². The first-order valence-corrected chi connectivity index (χ1v) is 11.8. The minimum Gasteiger partial charge on any atom is -0.453 e. The van der Waals surface area contributed by atoms with E-state index in [0.717, 1.165) is 44.2 Å². The molecular formula is C24H33N7O3. The van der Waals surface area contributed by atoms with Gasteiger partial charge in [-0.3, -0.25) is 4.79 Å². The highest BCUT2D eigenvalue weighted by atomic mass is 16.5. The van der Waals surface area contributed by atoms with Gasteiger partial charge in [0.1, 0.15) is 5.82 Å². The van der Waals surface area contributed by atoms with E-state index in [1.54, 1.807) is 4.90 Å². The van der Waals surface area contributed by atoms with Crippen LogP contribution in [0.4, 0.5) is 22.1 Å². The summed E-state index contributed by atoms with van der Waals surface area (Å²) in [5.41, 5.74) is 13.8. The van der Waals surface area contributed by atoms with E-state index in [2.05, 4.69) is 32.7 Å². The molecule has 0 bridgehead atoms. The third-order valence-electron chi connectivity index (χ3n) is 6.73. The zero-order valence-corrected chi connectivity index (χ0v) is 19.5. The molecule has 182 valence electrons. The highest BCUT2D eigenvalue weighted by Gasteiger charge is 2.25. The number of nitrogens with one attached hydrogen (secondary N) is 2. The second kappa shape index (κ2) is 10.7. The largest absolute Gasteiger partial charge is 0.453 e. The Morgan fingerprint density at radius 1 is 1.09 bits per heavy atom. The molecule has 0 unspecified atom stereocenters. The maximum atomic E-state index is 11.9. The molecule has 2 amide bonds. The second-order valence-electron chi connectivity index (χ2n) is 8.99. The number of amides is 2. The molecule has 2 aromatic rings. The van der Waals surface area contributed by atoms with Gasteiger partial charge in [0.25, 0.3) is 5.91 Å². The van der Waals surface area contributed by atoms with Crippen molar-refractivity contribution in [3.05, 3.63) is 41.7 Å². The summed E-state index contributed by atoms with van der Waals surface area (Å²) in [6.07, 6.45) is 7.23. The molecule has 2 fully saturated rings. The van der Waals surface area contributed by atoms with Gasteiger partial charge in [0, 0.05) is 30.9 Å². The number of ether oxygens (including phenoxy) is 1. The number of primary amides is 1. The summed E-state index contributed by atoms with van der Waals surface area (Å²) in [6.45, 7) is 1.36. The third-order valence-corrected chi connectivity index (χ3v) is 6.73. The second-order valence-corrected chi connectivity index (χ2v) is 8.99. The number of hydrogen-bond acceptors (Lipinski definition) is 8. The minimum atomic E-state index is -0.648.